The smallest absolute Gasteiger partial charge is 0.124 e. The Kier molecular flexibility index (Phi) is 5.13. The minimum Gasteiger partial charge on any atom is -0.392 e. The van der Waals surface area contributed by atoms with Crippen LogP contribution in [0.5, 0.6) is 0 Å². The van der Waals surface area contributed by atoms with Crippen LogP contribution < -0.4 is 5.73 Å². The van der Waals surface area contributed by atoms with Crippen molar-refractivity contribution in [2.45, 2.75) is 26.0 Å². The summed E-state index contributed by atoms with van der Waals surface area (Å²) in [6, 6.07) is 4.83. The highest BCUT2D eigenvalue weighted by atomic mass is 19.1. The maximum Gasteiger partial charge on any atom is 0.124 e. The first kappa shape index (κ1) is 15.0. The van der Waals surface area contributed by atoms with Crippen LogP contribution in [0.4, 0.5) is 4.39 Å². The van der Waals surface area contributed by atoms with E-state index in [-0.39, 0.29) is 18.5 Å². The summed E-state index contributed by atoms with van der Waals surface area (Å²) in [7, 11) is 0. The molecular formula is C16H21FN2O. The fourth-order valence-corrected chi connectivity index (χ4v) is 2.48. The summed E-state index contributed by atoms with van der Waals surface area (Å²) in [5.74, 6) is 5.64. The lowest BCUT2D eigenvalue weighted by molar-refractivity contribution is 0.0259. The Labute approximate surface area is 119 Å². The van der Waals surface area contributed by atoms with Crippen LogP contribution in [-0.4, -0.2) is 35.7 Å². The van der Waals surface area contributed by atoms with Gasteiger partial charge in [0.25, 0.3) is 0 Å². The van der Waals surface area contributed by atoms with E-state index in [1.54, 1.807) is 0 Å². The Morgan fingerprint density at radius 2 is 2.25 bits per heavy atom. The monoisotopic (exact) mass is 276 g/mol. The molecule has 1 saturated heterocycles. The first-order valence-corrected chi connectivity index (χ1v) is 6.97. The van der Waals surface area contributed by atoms with Gasteiger partial charge in [0.2, 0.25) is 0 Å². The average Bonchev–Trinajstić information content (AvgIpc) is 2.40. The molecule has 2 unspecified atom stereocenters. The number of nitrogens with zero attached hydrogens (tertiary/aromatic N) is 1. The van der Waals surface area contributed by atoms with Crippen molar-refractivity contribution in [3.05, 3.63) is 35.1 Å². The number of rotatable bonds is 2. The number of hydrogen-bond acceptors (Lipinski definition) is 3. The Morgan fingerprint density at radius 3 is 2.95 bits per heavy atom. The van der Waals surface area contributed by atoms with E-state index < -0.39 is 0 Å². The van der Waals surface area contributed by atoms with Crippen LogP contribution in [0.2, 0.25) is 0 Å². The van der Waals surface area contributed by atoms with Crippen molar-refractivity contribution in [2.75, 3.05) is 19.6 Å². The van der Waals surface area contributed by atoms with E-state index in [0.29, 0.717) is 24.6 Å². The molecule has 1 heterocycles. The maximum absolute atomic E-state index is 13.6. The van der Waals surface area contributed by atoms with Crippen LogP contribution in [0.3, 0.4) is 0 Å². The minimum absolute atomic E-state index is 0.266. The molecule has 20 heavy (non-hydrogen) atoms. The molecule has 0 saturated carbocycles. The summed E-state index contributed by atoms with van der Waals surface area (Å²) in [4.78, 5) is 2.15. The van der Waals surface area contributed by atoms with Gasteiger partial charge in [-0.25, -0.2) is 4.39 Å². The van der Waals surface area contributed by atoms with E-state index in [1.807, 2.05) is 6.07 Å². The van der Waals surface area contributed by atoms with Crippen LogP contribution in [0.1, 0.15) is 24.5 Å². The second-order valence-corrected chi connectivity index (χ2v) is 5.42. The number of aliphatic hydroxyl groups is 1. The number of piperidine rings is 1. The van der Waals surface area contributed by atoms with Crippen LogP contribution >= 0.6 is 0 Å². The summed E-state index contributed by atoms with van der Waals surface area (Å²) >= 11 is 0. The molecule has 0 aromatic heterocycles. The van der Waals surface area contributed by atoms with Gasteiger partial charge in [-0.05, 0) is 42.6 Å². The molecule has 3 nitrogen and oxygen atoms in total. The van der Waals surface area contributed by atoms with Crippen molar-refractivity contribution in [1.29, 1.82) is 0 Å². The van der Waals surface area contributed by atoms with Gasteiger partial charge >= 0.3 is 0 Å². The molecule has 0 bridgehead atoms. The highest BCUT2D eigenvalue weighted by molar-refractivity contribution is 5.38. The first-order chi connectivity index (χ1) is 9.58. The Balaban J connectivity index is 2.07. The number of benzene rings is 1. The summed E-state index contributed by atoms with van der Waals surface area (Å²) < 4.78 is 13.6. The molecule has 4 heteroatoms. The molecular weight excluding hydrogens is 255 g/mol. The van der Waals surface area contributed by atoms with E-state index in [1.165, 1.54) is 12.1 Å². The molecule has 0 aliphatic carbocycles. The van der Waals surface area contributed by atoms with E-state index in [0.717, 1.165) is 18.5 Å². The quantitative estimate of drug-likeness (QED) is 0.801. The Morgan fingerprint density at radius 1 is 1.45 bits per heavy atom. The Bertz CT molecular complexity index is 521. The SMILES string of the molecule is CC1CCN(Cc2cc(F)cc(C#CCN)c2)CC1O. The zero-order valence-electron chi connectivity index (χ0n) is 11.8. The van der Waals surface area contributed by atoms with E-state index in [4.69, 9.17) is 5.73 Å². The summed E-state index contributed by atoms with van der Waals surface area (Å²) in [5.41, 5.74) is 6.86. The zero-order valence-corrected chi connectivity index (χ0v) is 11.8. The van der Waals surface area contributed by atoms with E-state index >= 15 is 0 Å². The van der Waals surface area contributed by atoms with Crippen molar-refractivity contribution in [2.24, 2.45) is 11.7 Å². The number of aliphatic hydroxyl groups excluding tert-OH is 1. The molecule has 0 amide bonds. The van der Waals surface area contributed by atoms with Crippen molar-refractivity contribution in [3.63, 3.8) is 0 Å². The van der Waals surface area contributed by atoms with Crippen molar-refractivity contribution in [3.8, 4) is 11.8 Å². The highest BCUT2D eigenvalue weighted by Crippen LogP contribution is 2.19. The van der Waals surface area contributed by atoms with Gasteiger partial charge in [-0.1, -0.05) is 18.8 Å². The Hall–Kier alpha value is -1.41. The van der Waals surface area contributed by atoms with E-state index in [2.05, 4.69) is 23.7 Å². The van der Waals surface area contributed by atoms with Gasteiger partial charge in [0.05, 0.1) is 12.6 Å². The normalized spacial score (nSPS) is 23.2. The molecule has 2 rings (SSSR count). The molecule has 0 radical (unpaired) electrons. The highest BCUT2D eigenvalue weighted by Gasteiger charge is 2.24. The predicted octanol–water partition coefficient (Wildman–Crippen LogP) is 1.34. The molecule has 3 N–H and O–H groups in total. The van der Waals surface area contributed by atoms with Crippen LogP contribution in [0.25, 0.3) is 0 Å². The van der Waals surface area contributed by atoms with Gasteiger partial charge in [0, 0.05) is 18.7 Å². The average molecular weight is 276 g/mol. The fraction of sp³-hybridized carbons (Fsp3) is 0.500. The van der Waals surface area contributed by atoms with Crippen LogP contribution in [0, 0.1) is 23.6 Å². The largest absolute Gasteiger partial charge is 0.392 e. The third-order valence-electron chi connectivity index (χ3n) is 3.70. The number of likely N-dealkylation sites (tertiary alicyclic amines) is 1. The summed E-state index contributed by atoms with van der Waals surface area (Å²) in [6.45, 7) is 4.53. The van der Waals surface area contributed by atoms with Gasteiger partial charge in [-0.2, -0.15) is 0 Å². The lowest BCUT2D eigenvalue weighted by Gasteiger charge is -2.34. The molecule has 108 valence electrons. The summed E-state index contributed by atoms with van der Waals surface area (Å²) in [5, 5.41) is 9.90. The molecule has 1 aromatic rings. The second-order valence-electron chi connectivity index (χ2n) is 5.42. The summed E-state index contributed by atoms with van der Waals surface area (Å²) in [6.07, 6.45) is 0.671. The number of β-amino-alcohol motifs (C(OH)–C–C–N with tert-alkyl or cyclic N) is 1. The minimum atomic E-state index is -0.297. The lowest BCUT2D eigenvalue weighted by atomic mass is 9.95. The molecule has 1 aromatic carbocycles. The van der Waals surface area contributed by atoms with Gasteiger partial charge in [0.1, 0.15) is 5.82 Å². The molecule has 1 aliphatic heterocycles. The maximum atomic E-state index is 13.6. The fourth-order valence-electron chi connectivity index (χ4n) is 2.48. The molecule has 0 spiro atoms. The van der Waals surface area contributed by atoms with Crippen molar-refractivity contribution in [1.82, 2.24) is 4.90 Å². The van der Waals surface area contributed by atoms with Crippen LogP contribution in [0.15, 0.2) is 18.2 Å². The van der Waals surface area contributed by atoms with Gasteiger partial charge in [-0.3, -0.25) is 4.90 Å². The number of nitrogens with two attached hydrogens (primary N) is 1. The van der Waals surface area contributed by atoms with E-state index in [9.17, 15) is 9.50 Å². The number of halogens is 1. The van der Waals surface area contributed by atoms with Crippen molar-refractivity contribution >= 4 is 0 Å². The first-order valence-electron chi connectivity index (χ1n) is 6.97. The molecule has 2 atom stereocenters. The zero-order chi connectivity index (χ0) is 14.5. The van der Waals surface area contributed by atoms with Gasteiger partial charge < -0.3 is 10.8 Å². The molecule has 1 fully saturated rings. The molecule has 1 aliphatic rings. The van der Waals surface area contributed by atoms with Crippen LogP contribution in [-0.2, 0) is 6.54 Å². The third kappa shape index (κ3) is 4.04. The van der Waals surface area contributed by atoms with Gasteiger partial charge in [-0.15, -0.1) is 0 Å². The van der Waals surface area contributed by atoms with Crippen molar-refractivity contribution < 1.29 is 9.50 Å². The third-order valence-corrected chi connectivity index (χ3v) is 3.70. The lowest BCUT2D eigenvalue weighted by Crippen LogP contribution is -2.42. The predicted molar refractivity (Wildman–Crippen MR) is 77.4 cm³/mol. The topological polar surface area (TPSA) is 49.5 Å². The second kappa shape index (κ2) is 6.85. The standard InChI is InChI=1S/C16H21FN2O/c1-12-4-6-19(11-16(12)20)10-14-7-13(3-2-5-18)8-15(17)9-14/h7-9,12,16,20H,4-6,10-11,18H2,1H3. The number of hydrogen-bond donors (Lipinski definition) is 2. The van der Waals surface area contributed by atoms with Gasteiger partial charge in [0.15, 0.2) is 0 Å².